The van der Waals surface area contributed by atoms with E-state index >= 15 is 0 Å². The normalized spacial score (nSPS) is 12.1. The van der Waals surface area contributed by atoms with Crippen LogP contribution in [0.2, 0.25) is 5.02 Å². The molecule has 1 aromatic heterocycles. The highest BCUT2D eigenvalue weighted by Crippen LogP contribution is 2.24. The molecule has 1 atom stereocenters. The number of rotatable bonds is 5. The molecule has 2 N–H and O–H groups in total. The Morgan fingerprint density at radius 1 is 1.47 bits per heavy atom. The first kappa shape index (κ1) is 13.9. The summed E-state index contributed by atoms with van der Waals surface area (Å²) in [4.78, 5) is 16.8. The molecule has 0 bridgehead atoms. The average Bonchev–Trinajstić information content (AvgIpc) is 2.91. The first-order valence-corrected chi connectivity index (χ1v) is 6.95. The monoisotopic (exact) mass is 296 g/mol. The minimum absolute atomic E-state index is 0.0450. The molecule has 1 aromatic carbocycles. The van der Waals surface area contributed by atoms with Crippen molar-refractivity contribution in [1.29, 1.82) is 0 Å². The average molecular weight is 297 g/mol. The number of carbonyl (C=O) groups is 1. The largest absolute Gasteiger partial charge is 0.348 e. The van der Waals surface area contributed by atoms with Gasteiger partial charge < -0.3 is 5.32 Å². The molecule has 1 heterocycles. The lowest BCUT2D eigenvalue weighted by Crippen LogP contribution is -2.30. The van der Waals surface area contributed by atoms with Crippen molar-refractivity contribution >= 4 is 29.3 Å². The van der Waals surface area contributed by atoms with Gasteiger partial charge in [-0.15, -0.1) is 11.8 Å². The van der Waals surface area contributed by atoms with Gasteiger partial charge in [0.15, 0.2) is 0 Å². The molecule has 0 aliphatic carbocycles. The Labute approximate surface area is 120 Å². The second kappa shape index (κ2) is 6.58. The summed E-state index contributed by atoms with van der Waals surface area (Å²) in [7, 11) is 0. The summed E-state index contributed by atoms with van der Waals surface area (Å²) in [6, 6.07) is 7.41. The molecule has 0 saturated heterocycles. The third kappa shape index (κ3) is 4.25. The molecule has 1 amide bonds. The van der Waals surface area contributed by atoms with Crippen molar-refractivity contribution in [2.24, 2.45) is 0 Å². The van der Waals surface area contributed by atoms with Crippen molar-refractivity contribution in [2.75, 3.05) is 0 Å². The summed E-state index contributed by atoms with van der Waals surface area (Å²) in [5.41, 5.74) is 0. The van der Waals surface area contributed by atoms with E-state index in [1.54, 1.807) is 0 Å². The predicted molar refractivity (Wildman–Crippen MR) is 75.0 cm³/mol. The maximum atomic E-state index is 11.9. The summed E-state index contributed by atoms with van der Waals surface area (Å²) < 4.78 is 0. The fourth-order valence-corrected chi connectivity index (χ4v) is 2.42. The van der Waals surface area contributed by atoms with Crippen LogP contribution in [0.25, 0.3) is 0 Å². The third-order valence-electron chi connectivity index (χ3n) is 2.39. The lowest BCUT2D eigenvalue weighted by molar-refractivity contribution is -0.120. The molecule has 100 valence electrons. The number of amides is 1. The van der Waals surface area contributed by atoms with Gasteiger partial charge in [-0.05, 0) is 31.2 Å². The van der Waals surface area contributed by atoms with Gasteiger partial charge in [-0.25, -0.2) is 4.98 Å². The highest BCUT2D eigenvalue weighted by Gasteiger charge is 2.14. The number of nitrogens with zero attached hydrogens (tertiary/aromatic N) is 2. The van der Waals surface area contributed by atoms with E-state index in [4.69, 9.17) is 11.6 Å². The van der Waals surface area contributed by atoms with Crippen molar-refractivity contribution in [2.45, 2.75) is 23.6 Å². The zero-order valence-corrected chi connectivity index (χ0v) is 11.8. The Hall–Kier alpha value is -1.53. The zero-order chi connectivity index (χ0) is 13.7. The number of hydrogen-bond acceptors (Lipinski definition) is 4. The van der Waals surface area contributed by atoms with Gasteiger partial charge in [0, 0.05) is 9.92 Å². The van der Waals surface area contributed by atoms with Gasteiger partial charge in [0.05, 0.1) is 11.8 Å². The Bertz CT molecular complexity index is 529. The summed E-state index contributed by atoms with van der Waals surface area (Å²) in [5, 5.41) is 9.70. The molecule has 5 nitrogen and oxygen atoms in total. The number of thioether (sulfide) groups is 1. The second-order valence-electron chi connectivity index (χ2n) is 3.86. The van der Waals surface area contributed by atoms with Gasteiger partial charge in [0.1, 0.15) is 12.2 Å². The second-order valence-corrected chi connectivity index (χ2v) is 5.71. The number of carbonyl (C=O) groups excluding carboxylic acids is 1. The van der Waals surface area contributed by atoms with E-state index in [9.17, 15) is 4.79 Å². The van der Waals surface area contributed by atoms with Crippen LogP contribution in [-0.4, -0.2) is 26.3 Å². The summed E-state index contributed by atoms with van der Waals surface area (Å²) in [5.74, 6) is 0.591. The van der Waals surface area contributed by atoms with Gasteiger partial charge in [0.2, 0.25) is 5.91 Å². The first-order chi connectivity index (χ1) is 9.15. The first-order valence-electron chi connectivity index (χ1n) is 5.69. The molecule has 0 radical (unpaired) electrons. The van der Waals surface area contributed by atoms with Crippen LogP contribution < -0.4 is 5.32 Å². The van der Waals surface area contributed by atoms with Crippen LogP contribution in [0, 0.1) is 0 Å². The highest BCUT2D eigenvalue weighted by atomic mass is 35.5. The van der Waals surface area contributed by atoms with Crippen LogP contribution in [0.4, 0.5) is 0 Å². The minimum atomic E-state index is -0.191. The van der Waals surface area contributed by atoms with Crippen molar-refractivity contribution in [1.82, 2.24) is 20.5 Å². The third-order valence-corrected chi connectivity index (χ3v) is 3.75. The van der Waals surface area contributed by atoms with E-state index in [0.29, 0.717) is 17.4 Å². The van der Waals surface area contributed by atoms with Gasteiger partial charge in [-0.2, -0.15) is 5.10 Å². The highest BCUT2D eigenvalue weighted by molar-refractivity contribution is 8.00. The Balaban J connectivity index is 1.83. The van der Waals surface area contributed by atoms with Crippen molar-refractivity contribution < 1.29 is 4.79 Å². The molecule has 2 aromatic rings. The number of aromatic amines is 1. The van der Waals surface area contributed by atoms with E-state index in [2.05, 4.69) is 20.5 Å². The van der Waals surface area contributed by atoms with Gasteiger partial charge in [0.25, 0.3) is 0 Å². The van der Waals surface area contributed by atoms with E-state index in [1.807, 2.05) is 31.2 Å². The van der Waals surface area contributed by atoms with Crippen LogP contribution in [0.3, 0.4) is 0 Å². The Morgan fingerprint density at radius 2 is 2.21 bits per heavy atom. The van der Waals surface area contributed by atoms with Gasteiger partial charge in [-0.1, -0.05) is 11.6 Å². The minimum Gasteiger partial charge on any atom is -0.348 e. The van der Waals surface area contributed by atoms with E-state index in [-0.39, 0.29) is 11.2 Å². The molecular weight excluding hydrogens is 284 g/mol. The predicted octanol–water partition coefficient (Wildman–Crippen LogP) is 2.26. The van der Waals surface area contributed by atoms with Crippen LogP contribution >= 0.6 is 23.4 Å². The van der Waals surface area contributed by atoms with Crippen LogP contribution in [0.5, 0.6) is 0 Å². The summed E-state index contributed by atoms with van der Waals surface area (Å²) in [6.07, 6.45) is 1.41. The SMILES string of the molecule is CC(Sc1ccc(Cl)cc1)C(=O)NCc1ncn[nH]1. The lowest BCUT2D eigenvalue weighted by Gasteiger charge is -2.11. The number of nitrogens with one attached hydrogen (secondary N) is 2. The number of H-pyrrole nitrogens is 1. The van der Waals surface area contributed by atoms with Crippen LogP contribution in [0.15, 0.2) is 35.5 Å². The van der Waals surface area contributed by atoms with Gasteiger partial charge >= 0.3 is 0 Å². The maximum Gasteiger partial charge on any atom is 0.233 e. The van der Waals surface area contributed by atoms with E-state index in [0.717, 1.165) is 4.90 Å². The van der Waals surface area contributed by atoms with Gasteiger partial charge in [-0.3, -0.25) is 9.89 Å². The van der Waals surface area contributed by atoms with Crippen LogP contribution in [0.1, 0.15) is 12.7 Å². The maximum absolute atomic E-state index is 11.9. The fourth-order valence-electron chi connectivity index (χ4n) is 1.40. The van der Waals surface area contributed by atoms with E-state index < -0.39 is 0 Å². The molecule has 0 saturated carbocycles. The number of hydrogen-bond donors (Lipinski definition) is 2. The molecule has 0 fully saturated rings. The molecule has 0 aliphatic heterocycles. The smallest absolute Gasteiger partial charge is 0.233 e. The van der Waals surface area contributed by atoms with Crippen LogP contribution in [-0.2, 0) is 11.3 Å². The molecule has 19 heavy (non-hydrogen) atoms. The lowest BCUT2D eigenvalue weighted by atomic mass is 10.4. The number of benzene rings is 1. The van der Waals surface area contributed by atoms with E-state index in [1.165, 1.54) is 18.1 Å². The summed E-state index contributed by atoms with van der Waals surface area (Å²) in [6.45, 7) is 2.21. The molecular formula is C12H13ClN4OS. The zero-order valence-electron chi connectivity index (χ0n) is 10.3. The Kier molecular flexibility index (Phi) is 4.81. The van der Waals surface area contributed by atoms with Crippen molar-refractivity contribution in [3.05, 3.63) is 41.4 Å². The van der Waals surface area contributed by atoms with Crippen molar-refractivity contribution in [3.8, 4) is 0 Å². The number of aromatic nitrogens is 3. The topological polar surface area (TPSA) is 70.7 Å². The summed E-state index contributed by atoms with van der Waals surface area (Å²) >= 11 is 7.29. The standard InChI is InChI=1S/C12H13ClN4OS/c1-8(19-10-4-2-9(13)3-5-10)12(18)14-6-11-15-7-16-17-11/h2-5,7-8H,6H2,1H3,(H,14,18)(H,15,16,17). The molecule has 0 aliphatic rings. The Morgan fingerprint density at radius 3 is 2.84 bits per heavy atom. The molecule has 7 heteroatoms. The fraction of sp³-hybridized carbons (Fsp3) is 0.250. The van der Waals surface area contributed by atoms with Crippen molar-refractivity contribution in [3.63, 3.8) is 0 Å². The number of halogens is 1. The molecule has 1 unspecified atom stereocenters. The molecule has 2 rings (SSSR count). The molecule has 0 spiro atoms. The quantitative estimate of drug-likeness (QED) is 0.830.